The van der Waals surface area contributed by atoms with Crippen LogP contribution in [0, 0.1) is 0 Å². The molecule has 1 atom stereocenters. The number of ether oxygens (including phenoxy) is 1. The smallest absolute Gasteiger partial charge is 0.419 e. The van der Waals surface area contributed by atoms with Crippen LogP contribution in [0.4, 0.5) is 0 Å². The Morgan fingerprint density at radius 1 is 1.17 bits per heavy atom. The first kappa shape index (κ1) is 19.3. The van der Waals surface area contributed by atoms with Gasteiger partial charge >= 0.3 is 5.76 Å². The minimum Gasteiger partial charge on any atom is -0.490 e. The van der Waals surface area contributed by atoms with E-state index in [-0.39, 0.29) is 10.5 Å². The summed E-state index contributed by atoms with van der Waals surface area (Å²) in [6.45, 7) is 4.07. The topological polar surface area (TPSA) is 104 Å². The largest absolute Gasteiger partial charge is 0.490 e. The summed E-state index contributed by atoms with van der Waals surface area (Å²) < 4.78 is 46.1. The molecular formula is C20H20N2O6S. The monoisotopic (exact) mass is 416 g/mol. The zero-order chi connectivity index (χ0) is 20.8. The summed E-state index contributed by atoms with van der Waals surface area (Å²) in [4.78, 5) is 11.6. The molecule has 1 unspecified atom stereocenters. The summed E-state index contributed by atoms with van der Waals surface area (Å²) in [6.07, 6.45) is 0. The maximum atomic E-state index is 12.8. The number of nitrogens with one attached hydrogen (secondary N) is 1. The van der Waals surface area contributed by atoms with Gasteiger partial charge in [-0.2, -0.15) is 0 Å². The Morgan fingerprint density at radius 2 is 1.97 bits per heavy atom. The minimum atomic E-state index is -3.87. The Hall–Kier alpha value is -3.04. The van der Waals surface area contributed by atoms with Gasteiger partial charge in [0.25, 0.3) is 0 Å². The molecule has 0 fully saturated rings. The zero-order valence-electron chi connectivity index (χ0n) is 16.1. The molecule has 2 heterocycles. The Bertz CT molecular complexity index is 1360. The van der Waals surface area contributed by atoms with E-state index in [1.165, 1.54) is 22.8 Å². The van der Waals surface area contributed by atoms with Gasteiger partial charge in [-0.05, 0) is 38.1 Å². The van der Waals surface area contributed by atoms with Gasteiger partial charge in [-0.15, -0.1) is 0 Å². The molecule has 29 heavy (non-hydrogen) atoms. The summed E-state index contributed by atoms with van der Waals surface area (Å²) in [5, 5.41) is 0.824. The number of para-hydroxylation sites is 1. The first-order valence-corrected chi connectivity index (χ1v) is 10.6. The van der Waals surface area contributed by atoms with E-state index in [0.29, 0.717) is 29.2 Å². The molecule has 9 heteroatoms. The van der Waals surface area contributed by atoms with Gasteiger partial charge in [0, 0.05) is 18.5 Å². The van der Waals surface area contributed by atoms with Crippen molar-refractivity contribution >= 4 is 32.1 Å². The van der Waals surface area contributed by atoms with E-state index in [1.807, 2.05) is 19.1 Å². The number of hydrogen-bond donors (Lipinski definition) is 1. The lowest BCUT2D eigenvalue weighted by molar-refractivity contribution is 0.336. The van der Waals surface area contributed by atoms with Gasteiger partial charge in [0.15, 0.2) is 16.9 Å². The van der Waals surface area contributed by atoms with E-state index in [1.54, 1.807) is 26.1 Å². The van der Waals surface area contributed by atoms with Crippen molar-refractivity contribution in [1.82, 2.24) is 9.29 Å². The zero-order valence-corrected chi connectivity index (χ0v) is 16.9. The van der Waals surface area contributed by atoms with Crippen LogP contribution in [0.2, 0.25) is 0 Å². The second kappa shape index (κ2) is 7.09. The third kappa shape index (κ3) is 3.43. The molecule has 4 rings (SSSR count). The van der Waals surface area contributed by atoms with E-state index >= 15 is 0 Å². The Balaban J connectivity index is 1.65. The van der Waals surface area contributed by atoms with E-state index in [0.717, 1.165) is 5.39 Å². The summed E-state index contributed by atoms with van der Waals surface area (Å²) in [5.74, 6) is 0.516. The van der Waals surface area contributed by atoms with Crippen molar-refractivity contribution < 1.29 is 22.0 Å². The van der Waals surface area contributed by atoms with Crippen molar-refractivity contribution in [2.24, 2.45) is 7.05 Å². The Labute approximate surface area is 166 Å². The van der Waals surface area contributed by atoms with Crippen LogP contribution in [-0.4, -0.2) is 19.6 Å². The normalized spacial score (nSPS) is 13.2. The highest BCUT2D eigenvalue weighted by Crippen LogP contribution is 2.31. The molecule has 0 bridgehead atoms. The summed E-state index contributed by atoms with van der Waals surface area (Å²) in [7, 11) is -2.32. The molecule has 4 aromatic rings. The van der Waals surface area contributed by atoms with Crippen molar-refractivity contribution in [3.8, 4) is 5.75 Å². The van der Waals surface area contributed by atoms with Crippen molar-refractivity contribution in [3.05, 3.63) is 58.8 Å². The number of sulfonamides is 1. The maximum absolute atomic E-state index is 12.8. The molecule has 0 amide bonds. The predicted molar refractivity (Wildman–Crippen MR) is 108 cm³/mol. The SMILES string of the molecule is CCOc1cccc2cc(C(C)NS(=O)(=O)c3ccc4c(c3)oc(=O)n4C)oc12. The number of benzene rings is 2. The predicted octanol–water partition coefficient (Wildman–Crippen LogP) is 3.32. The van der Waals surface area contributed by atoms with Gasteiger partial charge in [-0.25, -0.2) is 17.9 Å². The molecule has 0 aliphatic carbocycles. The molecular weight excluding hydrogens is 396 g/mol. The van der Waals surface area contributed by atoms with E-state index in [9.17, 15) is 13.2 Å². The minimum absolute atomic E-state index is 0.00248. The number of rotatable bonds is 6. The second-order valence-electron chi connectivity index (χ2n) is 6.66. The van der Waals surface area contributed by atoms with Gasteiger partial charge in [-0.3, -0.25) is 4.57 Å². The molecule has 0 aliphatic heterocycles. The standard InChI is InChI=1S/C20H20N2O6S/c1-4-26-16-7-5-6-13-10-17(27-19(13)16)12(2)21-29(24,25)14-8-9-15-18(11-14)28-20(23)22(15)3/h5-12,21H,4H2,1-3H3. The average molecular weight is 416 g/mol. The van der Waals surface area contributed by atoms with Crippen LogP contribution in [0.15, 0.2) is 61.0 Å². The van der Waals surface area contributed by atoms with Crippen LogP contribution >= 0.6 is 0 Å². The first-order chi connectivity index (χ1) is 13.8. The highest BCUT2D eigenvalue weighted by Gasteiger charge is 2.23. The fourth-order valence-electron chi connectivity index (χ4n) is 3.18. The average Bonchev–Trinajstić information content (AvgIpc) is 3.24. The van der Waals surface area contributed by atoms with E-state index in [4.69, 9.17) is 13.6 Å². The summed E-state index contributed by atoms with van der Waals surface area (Å²) >= 11 is 0. The van der Waals surface area contributed by atoms with Crippen LogP contribution in [0.25, 0.3) is 22.1 Å². The quantitative estimate of drug-likeness (QED) is 0.517. The van der Waals surface area contributed by atoms with Crippen molar-refractivity contribution in [2.75, 3.05) is 6.61 Å². The van der Waals surface area contributed by atoms with Crippen LogP contribution in [0.3, 0.4) is 0 Å². The molecule has 8 nitrogen and oxygen atoms in total. The molecule has 0 radical (unpaired) electrons. The van der Waals surface area contributed by atoms with Crippen molar-refractivity contribution in [1.29, 1.82) is 0 Å². The van der Waals surface area contributed by atoms with Crippen LogP contribution in [0.5, 0.6) is 5.75 Å². The van der Waals surface area contributed by atoms with Gasteiger partial charge in [0.1, 0.15) is 5.76 Å². The number of aromatic nitrogens is 1. The molecule has 0 spiro atoms. The number of fused-ring (bicyclic) bond motifs is 2. The lowest BCUT2D eigenvalue weighted by Gasteiger charge is -2.12. The highest BCUT2D eigenvalue weighted by atomic mass is 32.2. The first-order valence-electron chi connectivity index (χ1n) is 9.07. The number of hydrogen-bond acceptors (Lipinski definition) is 6. The molecule has 0 aliphatic rings. The molecule has 0 saturated heterocycles. The number of aryl methyl sites for hydroxylation is 1. The van der Waals surface area contributed by atoms with E-state index in [2.05, 4.69) is 4.72 Å². The van der Waals surface area contributed by atoms with Gasteiger partial charge < -0.3 is 13.6 Å². The maximum Gasteiger partial charge on any atom is 0.419 e. The van der Waals surface area contributed by atoms with Crippen molar-refractivity contribution in [3.63, 3.8) is 0 Å². The molecule has 2 aromatic heterocycles. The molecule has 2 aromatic carbocycles. The van der Waals surface area contributed by atoms with Gasteiger partial charge in [0.2, 0.25) is 10.0 Å². The Kier molecular flexibility index (Phi) is 4.71. The van der Waals surface area contributed by atoms with Crippen molar-refractivity contribution in [2.45, 2.75) is 24.8 Å². The third-order valence-electron chi connectivity index (χ3n) is 4.66. The lowest BCUT2D eigenvalue weighted by atomic mass is 10.2. The van der Waals surface area contributed by atoms with Crippen LogP contribution in [-0.2, 0) is 17.1 Å². The Morgan fingerprint density at radius 3 is 2.72 bits per heavy atom. The third-order valence-corrected chi connectivity index (χ3v) is 6.20. The number of oxazole rings is 1. The molecule has 0 saturated carbocycles. The van der Waals surface area contributed by atoms with Crippen LogP contribution in [0.1, 0.15) is 25.6 Å². The molecule has 1 N–H and O–H groups in total. The number of furan rings is 1. The fourth-order valence-corrected chi connectivity index (χ4v) is 4.41. The van der Waals surface area contributed by atoms with Crippen LogP contribution < -0.4 is 15.2 Å². The molecule has 152 valence electrons. The summed E-state index contributed by atoms with van der Waals surface area (Å²) in [5.41, 5.74) is 1.30. The van der Waals surface area contributed by atoms with E-state index < -0.39 is 21.8 Å². The van der Waals surface area contributed by atoms with Gasteiger partial charge in [-0.1, -0.05) is 12.1 Å². The second-order valence-corrected chi connectivity index (χ2v) is 8.37. The fraction of sp³-hybridized carbons (Fsp3) is 0.250. The van der Waals surface area contributed by atoms with Gasteiger partial charge in [0.05, 0.1) is 23.1 Å². The number of nitrogens with zero attached hydrogens (tertiary/aromatic N) is 1. The highest BCUT2D eigenvalue weighted by molar-refractivity contribution is 7.89. The lowest BCUT2D eigenvalue weighted by Crippen LogP contribution is -2.26. The summed E-state index contributed by atoms with van der Waals surface area (Å²) in [6, 6.07) is 11.0.